The van der Waals surface area contributed by atoms with Crippen LogP contribution in [0.5, 0.6) is 5.75 Å². The number of piperidine rings is 1. The molecule has 2 heterocycles. The molecule has 6 rings (SSSR count). The van der Waals surface area contributed by atoms with Crippen molar-refractivity contribution in [3.63, 3.8) is 0 Å². The second kappa shape index (κ2) is 8.21. The molecule has 32 heavy (non-hydrogen) atoms. The number of ketones is 1. The van der Waals surface area contributed by atoms with Crippen molar-refractivity contribution >= 4 is 22.3 Å². The second-order valence-corrected chi connectivity index (χ2v) is 9.33. The highest BCUT2D eigenvalue weighted by Gasteiger charge is 2.32. The maximum absolute atomic E-state index is 11.9. The quantitative estimate of drug-likeness (QED) is 0.586. The number of benzene rings is 2. The molecule has 164 valence electrons. The van der Waals surface area contributed by atoms with Crippen molar-refractivity contribution in [3.05, 3.63) is 59.8 Å². The van der Waals surface area contributed by atoms with E-state index in [4.69, 9.17) is 9.84 Å². The Kier molecular flexibility index (Phi) is 5.07. The van der Waals surface area contributed by atoms with Gasteiger partial charge in [-0.25, -0.2) is 4.68 Å². The van der Waals surface area contributed by atoms with Gasteiger partial charge < -0.3 is 4.74 Å². The molecule has 5 nitrogen and oxygen atoms in total. The van der Waals surface area contributed by atoms with E-state index < -0.39 is 0 Å². The fraction of sp³-hybridized carbons (Fsp3) is 0.407. The molecular formula is C27H29N3O2. The minimum absolute atomic E-state index is 0.262. The molecule has 0 N–H and O–H groups in total. The average molecular weight is 428 g/mol. The monoisotopic (exact) mass is 427 g/mol. The first kappa shape index (κ1) is 19.7. The van der Waals surface area contributed by atoms with Crippen LogP contribution >= 0.6 is 0 Å². The third-order valence-electron chi connectivity index (χ3n) is 7.33. The lowest BCUT2D eigenvalue weighted by atomic mass is 9.88. The molecule has 0 radical (unpaired) electrons. The molecule has 1 unspecified atom stereocenters. The Balaban J connectivity index is 1.20. The Morgan fingerprint density at radius 2 is 1.88 bits per heavy atom. The van der Waals surface area contributed by atoms with Crippen molar-refractivity contribution in [2.45, 2.75) is 38.5 Å². The fourth-order valence-corrected chi connectivity index (χ4v) is 5.61. The van der Waals surface area contributed by atoms with Crippen LogP contribution in [-0.2, 0) is 11.2 Å². The lowest BCUT2D eigenvalue weighted by molar-refractivity contribution is -0.115. The summed E-state index contributed by atoms with van der Waals surface area (Å²) in [4.78, 5) is 14.4. The van der Waals surface area contributed by atoms with Gasteiger partial charge in [-0.1, -0.05) is 12.5 Å². The number of rotatable bonds is 5. The summed E-state index contributed by atoms with van der Waals surface area (Å²) in [6.45, 7) is 4.13. The third-order valence-corrected chi connectivity index (χ3v) is 7.33. The van der Waals surface area contributed by atoms with Gasteiger partial charge in [0.2, 0.25) is 0 Å². The Morgan fingerprint density at radius 1 is 1.03 bits per heavy atom. The zero-order valence-electron chi connectivity index (χ0n) is 18.4. The molecule has 1 saturated heterocycles. The highest BCUT2D eigenvalue weighted by Crippen LogP contribution is 2.44. The van der Waals surface area contributed by atoms with Gasteiger partial charge in [0.25, 0.3) is 0 Å². The van der Waals surface area contributed by atoms with Crippen LogP contribution in [0.15, 0.2) is 48.7 Å². The van der Waals surface area contributed by atoms with Gasteiger partial charge in [0.05, 0.1) is 17.4 Å². The maximum Gasteiger partial charge on any atom is 0.156 e. The van der Waals surface area contributed by atoms with E-state index in [-0.39, 0.29) is 5.78 Å². The van der Waals surface area contributed by atoms with E-state index in [1.807, 2.05) is 29.1 Å². The third kappa shape index (κ3) is 3.55. The Morgan fingerprint density at radius 3 is 2.72 bits per heavy atom. The van der Waals surface area contributed by atoms with Crippen molar-refractivity contribution in [2.75, 3.05) is 26.2 Å². The largest absolute Gasteiger partial charge is 0.492 e. The molecule has 0 amide bonds. The zero-order chi connectivity index (χ0) is 21.5. The molecule has 2 aromatic carbocycles. The van der Waals surface area contributed by atoms with E-state index in [0.29, 0.717) is 12.3 Å². The van der Waals surface area contributed by atoms with Gasteiger partial charge in [0, 0.05) is 18.4 Å². The number of ether oxygens (including phenoxy) is 1. The van der Waals surface area contributed by atoms with Crippen LogP contribution in [0.1, 0.15) is 43.2 Å². The Bertz CT molecular complexity index is 1190. The topological polar surface area (TPSA) is 47.4 Å². The number of carbonyl (C=O) groups is 1. The molecule has 3 aliphatic rings. The van der Waals surface area contributed by atoms with Gasteiger partial charge in [-0.2, -0.15) is 5.10 Å². The summed E-state index contributed by atoms with van der Waals surface area (Å²) in [5.74, 6) is 1.65. The molecule has 1 atom stereocenters. The van der Waals surface area contributed by atoms with E-state index in [1.54, 1.807) is 0 Å². The van der Waals surface area contributed by atoms with Crippen LogP contribution in [0.3, 0.4) is 0 Å². The zero-order valence-corrected chi connectivity index (χ0v) is 18.4. The molecule has 0 spiro atoms. The van der Waals surface area contributed by atoms with Gasteiger partial charge in [-0.3, -0.25) is 9.69 Å². The molecule has 1 fully saturated rings. The minimum Gasteiger partial charge on any atom is -0.492 e. The first-order valence-electron chi connectivity index (χ1n) is 12.0. The Hall–Kier alpha value is -2.92. The molecule has 3 aromatic rings. The second-order valence-electron chi connectivity index (χ2n) is 9.33. The van der Waals surface area contributed by atoms with Crippen LogP contribution in [0, 0.1) is 5.92 Å². The number of allylic oxidation sites excluding steroid dienone is 2. The number of aromatic nitrogens is 2. The van der Waals surface area contributed by atoms with Crippen molar-refractivity contribution in [1.82, 2.24) is 14.7 Å². The molecule has 2 aliphatic carbocycles. The van der Waals surface area contributed by atoms with Crippen LogP contribution in [0.4, 0.5) is 0 Å². The predicted molar refractivity (Wildman–Crippen MR) is 126 cm³/mol. The highest BCUT2D eigenvalue weighted by atomic mass is 16.5. The highest BCUT2D eigenvalue weighted by molar-refractivity contribution is 6.02. The normalized spacial score (nSPS) is 20.8. The van der Waals surface area contributed by atoms with E-state index in [1.165, 1.54) is 54.4 Å². The number of nitrogens with zero attached hydrogens (tertiary/aromatic N) is 3. The molecule has 1 aliphatic heterocycles. The summed E-state index contributed by atoms with van der Waals surface area (Å²) in [5.41, 5.74) is 5.98. The Labute approximate surface area is 188 Å². The summed E-state index contributed by atoms with van der Waals surface area (Å²) < 4.78 is 8.00. The summed E-state index contributed by atoms with van der Waals surface area (Å²) in [6.07, 6.45) is 10.5. The first-order valence-corrected chi connectivity index (χ1v) is 12.0. The van der Waals surface area contributed by atoms with Crippen molar-refractivity contribution in [1.29, 1.82) is 0 Å². The molecule has 0 bridgehead atoms. The van der Waals surface area contributed by atoms with Crippen molar-refractivity contribution in [2.24, 2.45) is 5.92 Å². The van der Waals surface area contributed by atoms with Gasteiger partial charge in [0.15, 0.2) is 5.78 Å². The summed E-state index contributed by atoms with van der Waals surface area (Å²) in [6, 6.07) is 12.6. The minimum atomic E-state index is 0.262. The van der Waals surface area contributed by atoms with Gasteiger partial charge in [-0.05, 0) is 97.8 Å². The number of likely N-dealkylation sites (tertiary alicyclic amines) is 1. The summed E-state index contributed by atoms with van der Waals surface area (Å²) in [7, 11) is 0. The van der Waals surface area contributed by atoms with Crippen LogP contribution in [0.2, 0.25) is 0 Å². The summed E-state index contributed by atoms with van der Waals surface area (Å²) in [5, 5.41) is 5.91. The van der Waals surface area contributed by atoms with E-state index in [2.05, 4.69) is 29.2 Å². The van der Waals surface area contributed by atoms with Crippen LogP contribution in [-0.4, -0.2) is 46.7 Å². The molecule has 0 saturated carbocycles. The standard InChI is InChI=1S/C27H29N3O2/c31-21-7-4-19-16-25-23(24(19)17-21)10-11-27-26(25)18-28-30(27)20-5-8-22(9-6-20)32-15-14-29-12-2-1-3-13-29/h5-6,8-11,17-19H,1-4,7,12-16H2. The van der Waals surface area contributed by atoms with Crippen molar-refractivity contribution < 1.29 is 9.53 Å². The maximum atomic E-state index is 11.9. The average Bonchev–Trinajstić information content (AvgIpc) is 3.41. The molecule has 1 aromatic heterocycles. The van der Waals surface area contributed by atoms with Gasteiger partial charge >= 0.3 is 0 Å². The predicted octanol–water partition coefficient (Wildman–Crippen LogP) is 4.81. The smallest absolute Gasteiger partial charge is 0.156 e. The van der Waals surface area contributed by atoms with E-state index >= 15 is 0 Å². The summed E-state index contributed by atoms with van der Waals surface area (Å²) >= 11 is 0. The number of hydrogen-bond donors (Lipinski definition) is 0. The van der Waals surface area contributed by atoms with Gasteiger partial charge in [0.1, 0.15) is 12.4 Å². The van der Waals surface area contributed by atoms with E-state index in [0.717, 1.165) is 42.9 Å². The number of hydrogen-bond acceptors (Lipinski definition) is 4. The fourth-order valence-electron chi connectivity index (χ4n) is 5.61. The van der Waals surface area contributed by atoms with Crippen LogP contribution < -0.4 is 4.74 Å². The number of carbonyl (C=O) groups excluding carboxylic acids is 1. The number of fused-ring (bicyclic) bond motifs is 5. The van der Waals surface area contributed by atoms with E-state index in [9.17, 15) is 4.79 Å². The first-order chi connectivity index (χ1) is 15.8. The SMILES string of the molecule is O=C1C=C2c3ccc4c(cnn4-c4ccc(OCCN5CCCCC5)cc4)c3CC2CC1. The van der Waals surface area contributed by atoms with Gasteiger partial charge in [-0.15, -0.1) is 0 Å². The lowest BCUT2D eigenvalue weighted by Gasteiger charge is -2.26. The van der Waals surface area contributed by atoms with Crippen LogP contribution in [0.25, 0.3) is 22.2 Å². The lowest BCUT2D eigenvalue weighted by Crippen LogP contribution is -2.33. The molecule has 5 heteroatoms. The molecular weight excluding hydrogens is 398 g/mol. The van der Waals surface area contributed by atoms with Crippen molar-refractivity contribution in [3.8, 4) is 11.4 Å².